The van der Waals surface area contributed by atoms with Crippen molar-refractivity contribution in [3.05, 3.63) is 57.0 Å². The van der Waals surface area contributed by atoms with Crippen LogP contribution >= 0.6 is 34.8 Å². The van der Waals surface area contributed by atoms with Gasteiger partial charge in [0.1, 0.15) is 11.6 Å². The minimum absolute atomic E-state index is 0.0684. The second-order valence-corrected chi connectivity index (χ2v) is 13.2. The zero-order valence-corrected chi connectivity index (χ0v) is 25.1. The Balaban J connectivity index is 1.35. The highest BCUT2D eigenvalue weighted by atomic mass is 35.5. The number of carbonyl (C=O) groups excluding carboxylic acids is 1. The van der Waals surface area contributed by atoms with Crippen LogP contribution < -0.4 is 10.2 Å². The molecule has 0 aromatic heterocycles. The van der Waals surface area contributed by atoms with Crippen molar-refractivity contribution in [3.8, 4) is 0 Å². The van der Waals surface area contributed by atoms with Crippen LogP contribution in [0.5, 0.6) is 0 Å². The number of para-hydroxylation sites is 1. The van der Waals surface area contributed by atoms with E-state index in [0.717, 1.165) is 36.4 Å². The van der Waals surface area contributed by atoms with Crippen LogP contribution in [0.4, 0.5) is 5.69 Å². The molecule has 3 rings (SSSR count). The van der Waals surface area contributed by atoms with E-state index in [-0.39, 0.29) is 45.6 Å². The highest BCUT2D eigenvalue weighted by Crippen LogP contribution is 2.35. The molecule has 0 heterocycles. The third-order valence-corrected chi connectivity index (χ3v) is 9.83. The standard InChI is InChI=1S/C27H36Cl3N3O4S/c1-32(2)25-7-5-4-6-21(25)14-19-8-10-20(11-9-19)17-31-26(34)12-13-37-18-33(3)38(35,36)27-23(29)15-22(28)16-24(27)30/h4-7,15-16,19-20H,8-14,17-18H2,1-3H3,(H,31,34). The maximum absolute atomic E-state index is 12.8. The van der Waals surface area contributed by atoms with Crippen molar-refractivity contribution in [2.45, 2.75) is 43.4 Å². The Hall–Kier alpha value is -1.55. The van der Waals surface area contributed by atoms with Gasteiger partial charge in [-0.3, -0.25) is 4.79 Å². The van der Waals surface area contributed by atoms with Crippen LogP contribution in [0.2, 0.25) is 15.1 Å². The molecular weight excluding hydrogens is 569 g/mol. The first kappa shape index (κ1) is 31.0. The van der Waals surface area contributed by atoms with E-state index in [1.807, 2.05) is 0 Å². The molecule has 1 amide bonds. The Kier molecular flexibility index (Phi) is 11.6. The zero-order valence-electron chi connectivity index (χ0n) is 22.1. The van der Waals surface area contributed by atoms with Gasteiger partial charge in [-0.2, -0.15) is 4.31 Å². The molecule has 0 unspecified atom stereocenters. The minimum atomic E-state index is -3.99. The molecule has 0 radical (unpaired) electrons. The Bertz CT molecular complexity index is 1180. The van der Waals surface area contributed by atoms with Gasteiger partial charge in [0.25, 0.3) is 0 Å². The molecular formula is C27H36Cl3N3O4S. The largest absolute Gasteiger partial charge is 0.377 e. The van der Waals surface area contributed by atoms with Crippen molar-refractivity contribution in [1.82, 2.24) is 9.62 Å². The lowest BCUT2D eigenvalue weighted by Gasteiger charge is -2.29. The summed E-state index contributed by atoms with van der Waals surface area (Å²) in [6.07, 6.45) is 5.76. The van der Waals surface area contributed by atoms with Gasteiger partial charge < -0.3 is 15.0 Å². The maximum Gasteiger partial charge on any atom is 0.247 e. The van der Waals surface area contributed by atoms with E-state index < -0.39 is 10.0 Å². The van der Waals surface area contributed by atoms with Gasteiger partial charge in [-0.15, -0.1) is 0 Å². The van der Waals surface area contributed by atoms with Gasteiger partial charge in [0.05, 0.1) is 23.1 Å². The summed E-state index contributed by atoms with van der Waals surface area (Å²) in [7, 11) is 1.52. The number of anilines is 1. The molecule has 1 aliphatic carbocycles. The number of rotatable bonds is 12. The molecule has 0 saturated heterocycles. The van der Waals surface area contributed by atoms with Gasteiger partial charge in [0.15, 0.2) is 0 Å². The quantitative estimate of drug-likeness (QED) is 0.242. The van der Waals surface area contributed by atoms with Crippen LogP contribution in [0.15, 0.2) is 41.3 Å². The predicted octanol–water partition coefficient (Wildman–Crippen LogP) is 5.86. The van der Waals surface area contributed by atoms with Crippen LogP contribution in [0, 0.1) is 11.8 Å². The fourth-order valence-electron chi connectivity index (χ4n) is 4.78. The predicted molar refractivity (Wildman–Crippen MR) is 155 cm³/mol. The van der Waals surface area contributed by atoms with Crippen molar-refractivity contribution in [2.24, 2.45) is 11.8 Å². The highest BCUT2D eigenvalue weighted by Gasteiger charge is 2.27. The fourth-order valence-corrected chi connectivity index (χ4v) is 7.31. The molecule has 38 heavy (non-hydrogen) atoms. The molecule has 1 N–H and O–H groups in total. The number of halogens is 3. The number of hydrogen-bond acceptors (Lipinski definition) is 5. The molecule has 210 valence electrons. The van der Waals surface area contributed by atoms with E-state index in [0.29, 0.717) is 18.4 Å². The first-order valence-electron chi connectivity index (χ1n) is 12.7. The number of sulfonamides is 1. The van der Waals surface area contributed by atoms with Gasteiger partial charge in [0, 0.05) is 38.4 Å². The monoisotopic (exact) mass is 603 g/mol. The maximum atomic E-state index is 12.8. The summed E-state index contributed by atoms with van der Waals surface area (Å²) >= 11 is 18.0. The van der Waals surface area contributed by atoms with Gasteiger partial charge in [-0.1, -0.05) is 53.0 Å². The average molecular weight is 605 g/mol. The second kappa shape index (κ2) is 14.2. The van der Waals surface area contributed by atoms with E-state index in [9.17, 15) is 13.2 Å². The van der Waals surface area contributed by atoms with Gasteiger partial charge in [0.2, 0.25) is 15.9 Å². The third-order valence-electron chi connectivity index (χ3n) is 6.91. The molecule has 1 aliphatic rings. The molecule has 0 aliphatic heterocycles. The number of ether oxygens (including phenoxy) is 1. The van der Waals surface area contributed by atoms with Crippen molar-refractivity contribution < 1.29 is 17.9 Å². The van der Waals surface area contributed by atoms with Crippen LogP contribution in [0.1, 0.15) is 37.7 Å². The number of hydrogen-bond donors (Lipinski definition) is 1. The average Bonchev–Trinajstić information content (AvgIpc) is 2.85. The van der Waals surface area contributed by atoms with E-state index in [1.165, 1.54) is 30.4 Å². The topological polar surface area (TPSA) is 79.0 Å². The SMILES string of the molecule is CN(C)c1ccccc1CC1CCC(CNC(=O)CCOCN(C)S(=O)(=O)c2c(Cl)cc(Cl)cc2Cl)CC1. The fraction of sp³-hybridized carbons (Fsp3) is 0.519. The van der Waals surface area contributed by atoms with E-state index in [4.69, 9.17) is 39.5 Å². The summed E-state index contributed by atoms with van der Waals surface area (Å²) < 4.78 is 32.1. The van der Waals surface area contributed by atoms with Crippen molar-refractivity contribution in [1.29, 1.82) is 0 Å². The van der Waals surface area contributed by atoms with E-state index >= 15 is 0 Å². The first-order valence-corrected chi connectivity index (χ1v) is 15.3. The van der Waals surface area contributed by atoms with Crippen LogP contribution in [-0.4, -0.2) is 59.7 Å². The number of nitrogens with zero attached hydrogens (tertiary/aromatic N) is 2. The highest BCUT2D eigenvalue weighted by molar-refractivity contribution is 7.89. The molecule has 0 atom stereocenters. The lowest BCUT2D eigenvalue weighted by atomic mass is 9.79. The normalized spacial score (nSPS) is 18.0. The Morgan fingerprint density at radius 1 is 1.00 bits per heavy atom. The summed E-state index contributed by atoms with van der Waals surface area (Å²) in [6, 6.07) is 11.2. The van der Waals surface area contributed by atoms with Crippen molar-refractivity contribution >= 4 is 56.4 Å². The molecule has 2 aromatic rings. The summed E-state index contributed by atoms with van der Waals surface area (Å²) in [5.41, 5.74) is 2.68. The molecule has 11 heteroatoms. The lowest BCUT2D eigenvalue weighted by Crippen LogP contribution is -2.33. The van der Waals surface area contributed by atoms with Crippen LogP contribution in [0.3, 0.4) is 0 Å². The van der Waals surface area contributed by atoms with Gasteiger partial charge >= 0.3 is 0 Å². The summed E-state index contributed by atoms with van der Waals surface area (Å²) in [6.45, 7) is 0.499. The molecule has 1 saturated carbocycles. The Morgan fingerprint density at radius 2 is 1.61 bits per heavy atom. The van der Waals surface area contributed by atoms with Crippen molar-refractivity contribution in [3.63, 3.8) is 0 Å². The van der Waals surface area contributed by atoms with Gasteiger partial charge in [-0.25, -0.2) is 8.42 Å². The van der Waals surface area contributed by atoms with Crippen LogP contribution in [-0.2, 0) is 26.0 Å². The first-order chi connectivity index (χ1) is 18.0. The number of amides is 1. The lowest BCUT2D eigenvalue weighted by molar-refractivity contribution is -0.122. The van der Waals surface area contributed by atoms with Gasteiger partial charge in [-0.05, 0) is 67.7 Å². The molecule has 2 aromatic carbocycles. The van der Waals surface area contributed by atoms with E-state index in [1.54, 1.807) is 0 Å². The van der Waals surface area contributed by atoms with Crippen LogP contribution in [0.25, 0.3) is 0 Å². The smallest absolute Gasteiger partial charge is 0.247 e. The Morgan fingerprint density at radius 3 is 2.24 bits per heavy atom. The molecule has 1 fully saturated rings. The minimum Gasteiger partial charge on any atom is -0.377 e. The molecule has 0 spiro atoms. The summed E-state index contributed by atoms with van der Waals surface area (Å²) in [4.78, 5) is 14.2. The zero-order chi connectivity index (χ0) is 27.9. The van der Waals surface area contributed by atoms with Crippen molar-refractivity contribution in [2.75, 3.05) is 45.9 Å². The number of benzene rings is 2. The summed E-state index contributed by atoms with van der Waals surface area (Å²) in [5, 5.41) is 3.10. The molecule has 7 nitrogen and oxygen atoms in total. The third kappa shape index (κ3) is 8.47. The Labute approximate surface area is 241 Å². The summed E-state index contributed by atoms with van der Waals surface area (Å²) in [5.74, 6) is 1.04. The molecule has 0 bridgehead atoms. The second-order valence-electron chi connectivity index (χ2n) is 10.0. The van der Waals surface area contributed by atoms with E-state index in [2.05, 4.69) is 48.6 Å². The number of nitrogens with one attached hydrogen (secondary N) is 1. The number of carbonyl (C=O) groups is 1.